The maximum Gasteiger partial charge on any atom is 0.308 e. The average molecular weight is 311 g/mol. The minimum Gasteiger partial charge on any atom is -0.481 e. The lowest BCUT2D eigenvalue weighted by Crippen LogP contribution is -2.09. The number of hydrogen-bond donors (Lipinski definition) is 1. The lowest BCUT2D eigenvalue weighted by Gasteiger charge is -2.07. The van der Waals surface area contributed by atoms with Crippen molar-refractivity contribution < 1.29 is 23.6 Å². The van der Waals surface area contributed by atoms with E-state index in [9.17, 15) is 23.7 Å². The Kier molecular flexibility index (Phi) is 4.05. The smallest absolute Gasteiger partial charge is 0.308 e. The molecule has 0 radical (unpaired) electrons. The molecular weight excluding hydrogens is 306 g/mol. The molecule has 0 saturated carbocycles. The molecule has 17 heavy (non-hydrogen) atoms. The summed E-state index contributed by atoms with van der Waals surface area (Å²) in [6, 6.07) is 0.893. The summed E-state index contributed by atoms with van der Waals surface area (Å²) in [6.07, 6.45) is -3.96. The van der Waals surface area contributed by atoms with Crippen molar-refractivity contribution in [2.75, 3.05) is 0 Å². The Bertz CT molecular complexity index is 481. The number of hydrogen-bond acceptors (Lipinski definition) is 4. The molecular formula is C8H5BrF2N2O4. The van der Waals surface area contributed by atoms with Gasteiger partial charge in [0.1, 0.15) is 10.3 Å². The summed E-state index contributed by atoms with van der Waals surface area (Å²) in [7, 11) is 0. The summed E-state index contributed by atoms with van der Waals surface area (Å²) in [5, 5.41) is 19.2. The maximum absolute atomic E-state index is 12.6. The lowest BCUT2D eigenvalue weighted by atomic mass is 10.1. The summed E-state index contributed by atoms with van der Waals surface area (Å²) < 4.78 is 25.1. The summed E-state index contributed by atoms with van der Waals surface area (Å²) in [4.78, 5) is 23.6. The zero-order chi connectivity index (χ0) is 13.2. The van der Waals surface area contributed by atoms with E-state index in [1.807, 2.05) is 0 Å². The molecule has 0 fully saturated rings. The normalized spacial score (nSPS) is 10.6. The van der Waals surface area contributed by atoms with Crippen LogP contribution in [-0.4, -0.2) is 21.0 Å². The second-order valence-electron chi connectivity index (χ2n) is 2.96. The average Bonchev–Trinajstić information content (AvgIpc) is 2.18. The molecule has 0 aliphatic carbocycles. The molecule has 0 amide bonds. The molecule has 0 bridgehead atoms. The molecule has 0 aliphatic heterocycles. The first-order valence-corrected chi connectivity index (χ1v) is 4.96. The van der Waals surface area contributed by atoms with Crippen LogP contribution in [0.1, 0.15) is 17.7 Å². The number of aliphatic carboxylic acids is 1. The molecule has 0 aliphatic rings. The first kappa shape index (κ1) is 13.4. The molecule has 0 atom stereocenters. The van der Waals surface area contributed by atoms with Gasteiger partial charge in [-0.05, 0) is 15.9 Å². The van der Waals surface area contributed by atoms with Crippen molar-refractivity contribution in [3.8, 4) is 0 Å². The standard InChI is InChI=1S/C8H5BrF2N2O4/c9-5-2-4(13(16)17)3(1-6(14)15)7(12-5)8(10)11/h2,8H,1H2,(H,14,15). The Morgan fingerprint density at radius 1 is 1.65 bits per heavy atom. The van der Waals surface area contributed by atoms with Crippen LogP contribution in [0.2, 0.25) is 0 Å². The van der Waals surface area contributed by atoms with Crippen LogP contribution in [0.3, 0.4) is 0 Å². The minimum absolute atomic E-state index is 0.145. The number of pyridine rings is 1. The second kappa shape index (κ2) is 5.13. The molecule has 1 aromatic rings. The highest BCUT2D eigenvalue weighted by Crippen LogP contribution is 2.31. The fourth-order valence-corrected chi connectivity index (χ4v) is 1.63. The Morgan fingerprint density at radius 2 is 2.24 bits per heavy atom. The predicted molar refractivity (Wildman–Crippen MR) is 54.9 cm³/mol. The van der Waals surface area contributed by atoms with Gasteiger partial charge < -0.3 is 5.11 Å². The molecule has 0 spiro atoms. The summed E-state index contributed by atoms with van der Waals surface area (Å²) in [5.74, 6) is -1.45. The van der Waals surface area contributed by atoms with Gasteiger partial charge in [0.2, 0.25) is 0 Å². The summed E-state index contributed by atoms with van der Waals surface area (Å²) >= 11 is 2.75. The molecule has 1 rings (SSSR count). The van der Waals surface area contributed by atoms with Crippen molar-refractivity contribution in [1.29, 1.82) is 0 Å². The van der Waals surface area contributed by atoms with E-state index in [4.69, 9.17) is 5.11 Å². The third-order valence-electron chi connectivity index (χ3n) is 1.83. The van der Waals surface area contributed by atoms with E-state index in [0.717, 1.165) is 6.07 Å². The van der Waals surface area contributed by atoms with Crippen molar-refractivity contribution in [3.63, 3.8) is 0 Å². The van der Waals surface area contributed by atoms with Crippen molar-refractivity contribution in [2.45, 2.75) is 12.8 Å². The molecule has 9 heteroatoms. The molecule has 0 aromatic carbocycles. The van der Waals surface area contributed by atoms with Crippen LogP contribution in [0.5, 0.6) is 0 Å². The number of carbonyl (C=O) groups is 1. The Labute approximate surface area is 102 Å². The summed E-state index contributed by atoms with van der Waals surface area (Å²) in [6.45, 7) is 0. The molecule has 0 unspecified atom stereocenters. The Morgan fingerprint density at radius 3 is 2.65 bits per heavy atom. The zero-order valence-corrected chi connectivity index (χ0v) is 9.65. The lowest BCUT2D eigenvalue weighted by molar-refractivity contribution is -0.385. The second-order valence-corrected chi connectivity index (χ2v) is 3.77. The highest BCUT2D eigenvalue weighted by molar-refractivity contribution is 9.10. The van der Waals surface area contributed by atoms with Gasteiger partial charge in [0.15, 0.2) is 0 Å². The van der Waals surface area contributed by atoms with Crippen molar-refractivity contribution in [1.82, 2.24) is 4.98 Å². The molecule has 1 heterocycles. The van der Waals surface area contributed by atoms with E-state index in [2.05, 4.69) is 20.9 Å². The number of carboxylic acids is 1. The Balaban J connectivity index is 3.46. The van der Waals surface area contributed by atoms with Crippen LogP contribution in [0.15, 0.2) is 10.7 Å². The van der Waals surface area contributed by atoms with Gasteiger partial charge in [0.05, 0.1) is 16.9 Å². The maximum atomic E-state index is 12.6. The van der Waals surface area contributed by atoms with Crippen molar-refractivity contribution in [2.24, 2.45) is 0 Å². The topological polar surface area (TPSA) is 93.3 Å². The van der Waals surface area contributed by atoms with Gasteiger partial charge in [-0.1, -0.05) is 0 Å². The number of halogens is 3. The van der Waals surface area contributed by atoms with Gasteiger partial charge in [0, 0.05) is 6.07 Å². The number of nitrogens with zero attached hydrogens (tertiary/aromatic N) is 2. The van der Waals surface area contributed by atoms with Gasteiger partial charge in [-0.2, -0.15) is 0 Å². The highest BCUT2D eigenvalue weighted by Gasteiger charge is 2.27. The van der Waals surface area contributed by atoms with Crippen LogP contribution in [-0.2, 0) is 11.2 Å². The van der Waals surface area contributed by atoms with Gasteiger partial charge in [-0.25, -0.2) is 13.8 Å². The molecule has 1 N–H and O–H groups in total. The number of aromatic nitrogens is 1. The molecule has 92 valence electrons. The van der Waals surface area contributed by atoms with Gasteiger partial charge in [0.25, 0.3) is 12.1 Å². The predicted octanol–water partition coefficient (Wildman–Crippen LogP) is 2.32. The monoisotopic (exact) mass is 310 g/mol. The SMILES string of the molecule is O=C(O)Cc1c([N+](=O)[O-])cc(Br)nc1C(F)F. The fourth-order valence-electron chi connectivity index (χ4n) is 1.22. The number of nitro groups is 1. The highest BCUT2D eigenvalue weighted by atomic mass is 79.9. The minimum atomic E-state index is -3.08. The molecule has 6 nitrogen and oxygen atoms in total. The first-order valence-electron chi connectivity index (χ1n) is 4.16. The largest absolute Gasteiger partial charge is 0.481 e. The summed E-state index contributed by atoms with van der Waals surface area (Å²) in [5.41, 5.74) is -2.17. The number of alkyl halides is 2. The fraction of sp³-hybridized carbons (Fsp3) is 0.250. The first-order chi connectivity index (χ1) is 7.82. The quantitative estimate of drug-likeness (QED) is 0.523. The molecule has 0 saturated heterocycles. The third-order valence-corrected chi connectivity index (χ3v) is 2.24. The zero-order valence-electron chi connectivity index (χ0n) is 8.06. The van der Waals surface area contributed by atoms with Crippen molar-refractivity contribution in [3.05, 3.63) is 32.0 Å². The third kappa shape index (κ3) is 3.16. The Hall–Kier alpha value is -1.64. The van der Waals surface area contributed by atoms with Gasteiger partial charge in [-0.15, -0.1) is 0 Å². The van der Waals surface area contributed by atoms with Crippen LogP contribution >= 0.6 is 15.9 Å². The molecule has 1 aromatic heterocycles. The van der Waals surface area contributed by atoms with E-state index in [1.54, 1.807) is 0 Å². The number of carboxylic acid groups (broad SMARTS) is 1. The van der Waals surface area contributed by atoms with E-state index in [0.29, 0.717) is 0 Å². The van der Waals surface area contributed by atoms with Gasteiger partial charge >= 0.3 is 5.97 Å². The van der Waals surface area contributed by atoms with Crippen LogP contribution < -0.4 is 0 Å². The van der Waals surface area contributed by atoms with Gasteiger partial charge in [-0.3, -0.25) is 14.9 Å². The van der Waals surface area contributed by atoms with Crippen LogP contribution in [0, 0.1) is 10.1 Å². The van der Waals surface area contributed by atoms with Crippen LogP contribution in [0.4, 0.5) is 14.5 Å². The van der Waals surface area contributed by atoms with Crippen LogP contribution in [0.25, 0.3) is 0 Å². The van der Waals surface area contributed by atoms with E-state index in [1.165, 1.54) is 0 Å². The van der Waals surface area contributed by atoms with E-state index in [-0.39, 0.29) is 4.60 Å². The van der Waals surface area contributed by atoms with E-state index < -0.39 is 40.7 Å². The van der Waals surface area contributed by atoms with E-state index >= 15 is 0 Å². The number of rotatable bonds is 4. The van der Waals surface area contributed by atoms with Crippen molar-refractivity contribution >= 4 is 27.6 Å².